The maximum atomic E-state index is 9.36. The fourth-order valence-electron chi connectivity index (χ4n) is 2.18. The molecule has 1 fully saturated rings. The lowest BCUT2D eigenvalue weighted by Gasteiger charge is -2.40. The van der Waals surface area contributed by atoms with Crippen LogP contribution in [0, 0.1) is 5.41 Å². The quantitative estimate of drug-likeness (QED) is 0.689. The van der Waals surface area contributed by atoms with Crippen molar-refractivity contribution in [3.05, 3.63) is 0 Å². The van der Waals surface area contributed by atoms with Crippen LogP contribution in [0.25, 0.3) is 0 Å². The van der Waals surface area contributed by atoms with Crippen molar-refractivity contribution in [2.24, 2.45) is 5.41 Å². The SMILES string of the molecule is CNCC1(CN(C)C(C)(C)CO)CCOC1. The van der Waals surface area contributed by atoms with Gasteiger partial charge in [0.15, 0.2) is 0 Å². The summed E-state index contributed by atoms with van der Waals surface area (Å²) >= 11 is 0. The molecule has 0 radical (unpaired) electrons. The number of hydrogen-bond donors (Lipinski definition) is 2. The second-order valence-electron chi connectivity index (χ2n) is 5.66. The van der Waals surface area contributed by atoms with E-state index in [2.05, 4.69) is 31.1 Å². The van der Waals surface area contributed by atoms with Crippen molar-refractivity contribution in [1.82, 2.24) is 10.2 Å². The molecule has 96 valence electrons. The summed E-state index contributed by atoms with van der Waals surface area (Å²) in [4.78, 5) is 2.24. The molecular formula is C12H26N2O2. The summed E-state index contributed by atoms with van der Waals surface area (Å²) in [5, 5.41) is 12.6. The molecule has 16 heavy (non-hydrogen) atoms. The number of aliphatic hydroxyl groups is 1. The Morgan fingerprint density at radius 1 is 1.50 bits per heavy atom. The highest BCUT2D eigenvalue weighted by Gasteiger charge is 2.38. The van der Waals surface area contributed by atoms with Crippen LogP contribution in [0.3, 0.4) is 0 Å². The Morgan fingerprint density at radius 3 is 2.62 bits per heavy atom. The molecule has 1 aliphatic rings. The highest BCUT2D eigenvalue weighted by atomic mass is 16.5. The molecule has 1 unspecified atom stereocenters. The molecule has 0 saturated carbocycles. The highest BCUT2D eigenvalue weighted by molar-refractivity contribution is 4.91. The summed E-state index contributed by atoms with van der Waals surface area (Å²) in [6, 6.07) is 0. The second-order valence-corrected chi connectivity index (χ2v) is 5.66. The normalized spacial score (nSPS) is 26.6. The van der Waals surface area contributed by atoms with Gasteiger partial charge in [0.25, 0.3) is 0 Å². The van der Waals surface area contributed by atoms with E-state index < -0.39 is 0 Å². The summed E-state index contributed by atoms with van der Waals surface area (Å²) in [7, 11) is 4.06. The van der Waals surface area contributed by atoms with Crippen LogP contribution in [0.4, 0.5) is 0 Å². The van der Waals surface area contributed by atoms with Gasteiger partial charge in [-0.3, -0.25) is 4.90 Å². The van der Waals surface area contributed by atoms with Crippen LogP contribution in [0.2, 0.25) is 0 Å². The van der Waals surface area contributed by atoms with Crippen molar-refractivity contribution in [2.75, 3.05) is 47.0 Å². The standard InChI is InChI=1S/C12H26N2O2/c1-11(2,9-15)14(4)8-12(7-13-3)5-6-16-10-12/h13,15H,5-10H2,1-4H3. The van der Waals surface area contributed by atoms with Crippen LogP contribution in [0.5, 0.6) is 0 Å². The molecule has 1 saturated heterocycles. The van der Waals surface area contributed by atoms with Crippen molar-refractivity contribution in [3.8, 4) is 0 Å². The molecule has 4 heteroatoms. The third-order valence-corrected chi connectivity index (χ3v) is 3.73. The number of nitrogens with zero attached hydrogens (tertiary/aromatic N) is 1. The van der Waals surface area contributed by atoms with Crippen LogP contribution >= 0.6 is 0 Å². The molecule has 0 bridgehead atoms. The molecule has 0 aromatic rings. The van der Waals surface area contributed by atoms with E-state index in [1.165, 1.54) is 0 Å². The maximum Gasteiger partial charge on any atom is 0.0609 e. The zero-order valence-electron chi connectivity index (χ0n) is 11.0. The van der Waals surface area contributed by atoms with Crippen molar-refractivity contribution in [1.29, 1.82) is 0 Å². The van der Waals surface area contributed by atoms with Gasteiger partial charge in [-0.1, -0.05) is 0 Å². The predicted molar refractivity (Wildman–Crippen MR) is 65.6 cm³/mol. The van der Waals surface area contributed by atoms with E-state index in [1.807, 2.05) is 7.05 Å². The Bertz CT molecular complexity index is 213. The lowest BCUT2D eigenvalue weighted by atomic mass is 9.85. The number of rotatable bonds is 6. The number of nitrogens with one attached hydrogen (secondary N) is 1. The molecule has 0 spiro atoms. The third-order valence-electron chi connectivity index (χ3n) is 3.73. The second kappa shape index (κ2) is 5.45. The summed E-state index contributed by atoms with van der Waals surface area (Å²) < 4.78 is 5.53. The molecule has 1 atom stereocenters. The first-order valence-electron chi connectivity index (χ1n) is 6.00. The van der Waals surface area contributed by atoms with Crippen molar-refractivity contribution in [2.45, 2.75) is 25.8 Å². The van der Waals surface area contributed by atoms with Crippen molar-refractivity contribution < 1.29 is 9.84 Å². The highest BCUT2D eigenvalue weighted by Crippen LogP contribution is 2.30. The Kier molecular flexibility index (Phi) is 4.73. The maximum absolute atomic E-state index is 9.36. The first-order chi connectivity index (χ1) is 7.46. The minimum atomic E-state index is -0.163. The van der Waals surface area contributed by atoms with E-state index in [0.717, 1.165) is 32.7 Å². The summed E-state index contributed by atoms with van der Waals surface area (Å²) in [6.07, 6.45) is 1.10. The average Bonchev–Trinajstić information content (AvgIpc) is 2.67. The average molecular weight is 230 g/mol. The van der Waals surface area contributed by atoms with Gasteiger partial charge in [-0.15, -0.1) is 0 Å². The summed E-state index contributed by atoms with van der Waals surface area (Å²) in [6.45, 7) is 7.92. The fourth-order valence-corrected chi connectivity index (χ4v) is 2.18. The van der Waals surface area contributed by atoms with E-state index in [-0.39, 0.29) is 17.6 Å². The molecule has 0 aromatic heterocycles. The molecule has 1 rings (SSSR count). The topological polar surface area (TPSA) is 44.7 Å². The first kappa shape index (κ1) is 13.9. The molecule has 1 heterocycles. The molecule has 1 aliphatic heterocycles. The van der Waals surface area contributed by atoms with Crippen LogP contribution < -0.4 is 5.32 Å². The van der Waals surface area contributed by atoms with E-state index >= 15 is 0 Å². The Labute approximate surface area is 99.0 Å². The largest absolute Gasteiger partial charge is 0.394 e. The van der Waals surface area contributed by atoms with Crippen LogP contribution in [-0.4, -0.2) is 62.6 Å². The number of likely N-dealkylation sites (N-methyl/N-ethyl adjacent to an activating group) is 1. The molecule has 0 amide bonds. The van der Waals surface area contributed by atoms with Gasteiger partial charge in [-0.05, 0) is 34.4 Å². The van der Waals surface area contributed by atoms with Gasteiger partial charge < -0.3 is 15.2 Å². The summed E-state index contributed by atoms with van der Waals surface area (Å²) in [5.74, 6) is 0. The van der Waals surface area contributed by atoms with Gasteiger partial charge in [-0.25, -0.2) is 0 Å². The van der Waals surface area contributed by atoms with Crippen LogP contribution in [0.1, 0.15) is 20.3 Å². The smallest absolute Gasteiger partial charge is 0.0609 e. The van der Waals surface area contributed by atoms with E-state index in [4.69, 9.17) is 4.74 Å². The number of hydrogen-bond acceptors (Lipinski definition) is 4. The van der Waals surface area contributed by atoms with Gasteiger partial charge in [0.2, 0.25) is 0 Å². The molecular weight excluding hydrogens is 204 g/mol. The molecule has 0 aliphatic carbocycles. The monoisotopic (exact) mass is 230 g/mol. The van der Waals surface area contributed by atoms with E-state index in [0.29, 0.717) is 0 Å². The number of aliphatic hydroxyl groups excluding tert-OH is 1. The Balaban J connectivity index is 2.61. The van der Waals surface area contributed by atoms with Gasteiger partial charge in [-0.2, -0.15) is 0 Å². The van der Waals surface area contributed by atoms with Gasteiger partial charge in [0.1, 0.15) is 0 Å². The summed E-state index contributed by atoms with van der Waals surface area (Å²) in [5.41, 5.74) is 0.0409. The molecule has 0 aromatic carbocycles. The minimum absolute atomic E-state index is 0.163. The van der Waals surface area contributed by atoms with Crippen LogP contribution in [0.15, 0.2) is 0 Å². The lowest BCUT2D eigenvalue weighted by molar-refractivity contribution is 0.0351. The fraction of sp³-hybridized carbons (Fsp3) is 1.00. The lowest BCUT2D eigenvalue weighted by Crippen LogP contribution is -2.51. The van der Waals surface area contributed by atoms with Crippen LogP contribution in [-0.2, 0) is 4.74 Å². The van der Waals surface area contributed by atoms with Gasteiger partial charge in [0.05, 0.1) is 13.2 Å². The minimum Gasteiger partial charge on any atom is -0.394 e. The zero-order valence-corrected chi connectivity index (χ0v) is 11.0. The molecule has 2 N–H and O–H groups in total. The van der Waals surface area contributed by atoms with Crippen molar-refractivity contribution >= 4 is 0 Å². The van der Waals surface area contributed by atoms with Gasteiger partial charge in [0, 0.05) is 30.7 Å². The third kappa shape index (κ3) is 3.17. The zero-order chi connectivity index (χ0) is 12.2. The van der Waals surface area contributed by atoms with Gasteiger partial charge >= 0.3 is 0 Å². The Morgan fingerprint density at radius 2 is 2.19 bits per heavy atom. The van der Waals surface area contributed by atoms with E-state index in [9.17, 15) is 5.11 Å². The number of ether oxygens (including phenoxy) is 1. The molecule has 4 nitrogen and oxygen atoms in total. The first-order valence-corrected chi connectivity index (χ1v) is 6.00. The van der Waals surface area contributed by atoms with E-state index in [1.54, 1.807) is 0 Å². The predicted octanol–water partition coefficient (Wildman–Crippen LogP) is 0.315. The van der Waals surface area contributed by atoms with Crippen molar-refractivity contribution in [3.63, 3.8) is 0 Å². The Hall–Kier alpha value is -0.160.